The molecule has 5 rings (SSSR count). The Balaban J connectivity index is 1.57. The molecule has 0 radical (unpaired) electrons. The van der Waals surface area contributed by atoms with Crippen molar-refractivity contribution in [2.24, 2.45) is 0 Å². The van der Waals surface area contributed by atoms with Crippen LogP contribution in [0.1, 0.15) is 20.7 Å². The minimum absolute atomic E-state index is 0.0328. The molecule has 1 heterocycles. The lowest BCUT2D eigenvalue weighted by atomic mass is 9.90. The van der Waals surface area contributed by atoms with Gasteiger partial charge < -0.3 is 29.4 Å². The summed E-state index contributed by atoms with van der Waals surface area (Å²) in [6, 6.07) is 17.5. The number of carboxylic acid groups (broad SMARTS) is 1. The van der Waals surface area contributed by atoms with E-state index in [4.69, 9.17) is 26.7 Å². The molecule has 1 aliphatic carbocycles. The number of fused-ring (bicyclic) bond motifs is 2. The molecule has 2 aliphatic rings. The summed E-state index contributed by atoms with van der Waals surface area (Å²) in [7, 11) is 0. The summed E-state index contributed by atoms with van der Waals surface area (Å²) in [4.78, 5) is 37.7. The van der Waals surface area contributed by atoms with Gasteiger partial charge in [0.1, 0.15) is 41.8 Å². The lowest BCUT2D eigenvalue weighted by Crippen LogP contribution is -2.13. The number of amides is 1. The van der Waals surface area contributed by atoms with Crippen molar-refractivity contribution < 1.29 is 33.7 Å². The average Bonchev–Trinajstić information content (AvgIpc) is 2.97. The predicted octanol–water partition coefficient (Wildman–Crippen LogP) is 5.24. The van der Waals surface area contributed by atoms with Crippen molar-refractivity contribution in [1.82, 2.24) is 0 Å². The van der Waals surface area contributed by atoms with Crippen molar-refractivity contribution in [3.8, 4) is 64.4 Å². The van der Waals surface area contributed by atoms with Gasteiger partial charge in [0.05, 0.1) is 5.56 Å². The summed E-state index contributed by atoms with van der Waals surface area (Å²) < 4.78 is 16.8. The highest BCUT2D eigenvalue weighted by Gasteiger charge is 2.23. The van der Waals surface area contributed by atoms with Gasteiger partial charge in [-0.25, -0.2) is 4.79 Å². The van der Waals surface area contributed by atoms with Gasteiger partial charge in [-0.05, 0) is 54.1 Å². The van der Waals surface area contributed by atoms with Gasteiger partial charge in [0.15, 0.2) is 5.43 Å². The molecule has 0 spiro atoms. The summed E-state index contributed by atoms with van der Waals surface area (Å²) in [5.41, 5.74) is 1.49. The topological polar surface area (TPSA) is 135 Å². The van der Waals surface area contributed by atoms with Gasteiger partial charge >= 0.3 is 5.97 Å². The largest absolute Gasteiger partial charge is 0.508 e. The third-order valence-corrected chi connectivity index (χ3v) is 6.24. The zero-order chi connectivity index (χ0) is 29.8. The van der Waals surface area contributed by atoms with Gasteiger partial charge in [0.2, 0.25) is 0 Å². The van der Waals surface area contributed by atoms with Crippen LogP contribution in [0.25, 0.3) is 33.4 Å². The number of phenols is 1. The normalized spacial score (nSPS) is 10.5. The zero-order valence-corrected chi connectivity index (χ0v) is 21.8. The second kappa shape index (κ2) is 11.5. The Morgan fingerprint density at radius 3 is 2.21 bits per heavy atom. The highest BCUT2D eigenvalue weighted by molar-refractivity contribution is 6.09. The predicted molar refractivity (Wildman–Crippen MR) is 156 cm³/mol. The zero-order valence-electron chi connectivity index (χ0n) is 21.8. The molecule has 3 aromatic carbocycles. The van der Waals surface area contributed by atoms with E-state index in [-0.39, 0.29) is 64.0 Å². The Morgan fingerprint density at radius 1 is 0.857 bits per heavy atom. The maximum Gasteiger partial charge on any atom is 0.336 e. The number of phenolic OH excluding ortho intramolecular Hbond substituents is 1. The summed E-state index contributed by atoms with van der Waals surface area (Å²) in [6.45, 7) is -0.0656. The van der Waals surface area contributed by atoms with Gasteiger partial charge in [-0.15, -0.1) is 12.8 Å². The van der Waals surface area contributed by atoms with Crippen molar-refractivity contribution >= 4 is 28.5 Å². The first kappa shape index (κ1) is 27.4. The first-order valence-corrected chi connectivity index (χ1v) is 12.4. The van der Waals surface area contributed by atoms with Crippen molar-refractivity contribution in [3.63, 3.8) is 0 Å². The molecular weight excluding hydrogens is 538 g/mol. The molecular formula is C33H21NO8. The van der Waals surface area contributed by atoms with Gasteiger partial charge in [-0.3, -0.25) is 9.59 Å². The highest BCUT2D eigenvalue weighted by atomic mass is 16.5. The number of carbonyl (C=O) groups is 2. The lowest BCUT2D eigenvalue weighted by Gasteiger charge is -2.17. The molecule has 42 heavy (non-hydrogen) atoms. The van der Waals surface area contributed by atoms with E-state index in [1.54, 1.807) is 30.3 Å². The van der Waals surface area contributed by atoms with Crippen LogP contribution >= 0.6 is 0 Å². The number of ether oxygens (including phenoxy) is 2. The number of anilines is 1. The van der Waals surface area contributed by atoms with Gasteiger partial charge in [-0.1, -0.05) is 17.9 Å². The molecule has 9 heteroatoms. The van der Waals surface area contributed by atoms with Crippen LogP contribution in [0.3, 0.4) is 0 Å². The summed E-state index contributed by atoms with van der Waals surface area (Å²) in [5, 5.41) is 23.4. The summed E-state index contributed by atoms with van der Waals surface area (Å²) >= 11 is 0. The van der Waals surface area contributed by atoms with Crippen molar-refractivity contribution in [3.05, 3.63) is 94.1 Å². The number of hydrogen-bond acceptors (Lipinski definition) is 7. The second-order valence-electron chi connectivity index (χ2n) is 9.01. The van der Waals surface area contributed by atoms with Crippen molar-refractivity contribution in [1.29, 1.82) is 0 Å². The summed E-state index contributed by atoms with van der Waals surface area (Å²) in [5.74, 6) is 3.60. The van der Waals surface area contributed by atoms with E-state index in [1.807, 2.05) is 0 Å². The third-order valence-electron chi connectivity index (χ3n) is 6.24. The van der Waals surface area contributed by atoms with Crippen LogP contribution in [-0.2, 0) is 0 Å². The molecule has 0 fully saturated rings. The Kier molecular flexibility index (Phi) is 7.50. The van der Waals surface area contributed by atoms with Crippen LogP contribution in [-0.4, -0.2) is 35.3 Å². The standard InChI is InChI=1S/C33H21NO8/c1-3-11-40-23-13-19(14-24(18-23)41-12-4-2)32(37)34-20-5-8-25(28(15-20)33(38)39)31-26-9-6-21(35)16-29(26)42-30-17-22(36)7-10-27(30)31/h1-2,5-10,13-18,35H,11-12H2,(H,34,37)(H,38,39). The molecule has 0 unspecified atom stereocenters. The number of terminal acetylenes is 2. The number of carboxylic acids is 1. The number of carbonyl (C=O) groups excluding carboxylic acids is 1. The maximum absolute atomic E-state index is 13.2. The van der Waals surface area contributed by atoms with Crippen molar-refractivity contribution in [2.45, 2.75) is 0 Å². The van der Waals surface area contributed by atoms with E-state index in [1.165, 1.54) is 42.5 Å². The van der Waals surface area contributed by atoms with E-state index in [9.17, 15) is 24.6 Å². The minimum atomic E-state index is -1.25. The van der Waals surface area contributed by atoms with E-state index in [0.717, 1.165) is 0 Å². The maximum atomic E-state index is 13.2. The van der Waals surface area contributed by atoms with Crippen molar-refractivity contribution in [2.75, 3.05) is 18.5 Å². The number of aromatic hydroxyl groups is 1. The Hall–Kier alpha value is -6.19. The van der Waals surface area contributed by atoms with Crippen LogP contribution in [0.5, 0.6) is 17.2 Å². The van der Waals surface area contributed by atoms with Gasteiger partial charge in [0, 0.05) is 46.0 Å². The molecule has 0 aromatic heterocycles. The smallest absolute Gasteiger partial charge is 0.336 e. The molecule has 3 aromatic rings. The Morgan fingerprint density at radius 2 is 1.55 bits per heavy atom. The SMILES string of the molecule is C#CCOc1cc(OCC#C)cc(C(=O)Nc2ccc(-c3c4ccc(=O)cc-4oc4cc(O)ccc34)c(C(=O)O)c2)c1. The lowest BCUT2D eigenvalue weighted by molar-refractivity contribution is 0.0697. The van der Waals surface area contributed by atoms with E-state index >= 15 is 0 Å². The molecule has 0 bridgehead atoms. The second-order valence-corrected chi connectivity index (χ2v) is 9.01. The van der Waals surface area contributed by atoms with Crippen LogP contribution < -0.4 is 20.2 Å². The number of aromatic carboxylic acids is 1. The van der Waals surface area contributed by atoms with Crippen LogP contribution in [0.15, 0.2) is 82.0 Å². The van der Waals surface area contributed by atoms with Gasteiger partial charge in [-0.2, -0.15) is 0 Å². The highest BCUT2D eigenvalue weighted by Crippen LogP contribution is 2.42. The molecule has 0 atom stereocenters. The van der Waals surface area contributed by atoms with E-state index in [2.05, 4.69) is 17.2 Å². The molecule has 9 nitrogen and oxygen atoms in total. The number of benzene rings is 4. The molecule has 1 amide bonds. The fourth-order valence-corrected chi connectivity index (χ4v) is 4.49. The number of hydrogen-bond donors (Lipinski definition) is 3. The van der Waals surface area contributed by atoms with Gasteiger partial charge in [0.25, 0.3) is 5.91 Å². The number of rotatable bonds is 8. The molecule has 0 saturated heterocycles. The molecule has 1 aliphatic heterocycles. The first-order valence-electron chi connectivity index (χ1n) is 12.4. The monoisotopic (exact) mass is 559 g/mol. The third kappa shape index (κ3) is 5.57. The fourth-order valence-electron chi connectivity index (χ4n) is 4.49. The Labute approximate surface area is 239 Å². The van der Waals surface area contributed by atoms with Crippen LogP contribution in [0.4, 0.5) is 5.69 Å². The molecule has 206 valence electrons. The molecule has 0 saturated carbocycles. The quantitative estimate of drug-likeness (QED) is 0.173. The van der Waals surface area contributed by atoms with E-state index in [0.29, 0.717) is 22.1 Å². The van der Waals surface area contributed by atoms with Crippen LogP contribution in [0, 0.1) is 24.7 Å². The Bertz CT molecular complexity index is 1940. The molecule has 3 N–H and O–H groups in total. The minimum Gasteiger partial charge on any atom is -0.508 e. The first-order chi connectivity index (χ1) is 20.3. The van der Waals surface area contributed by atoms with Crippen LogP contribution in [0.2, 0.25) is 0 Å². The number of nitrogens with one attached hydrogen (secondary N) is 1. The average molecular weight is 560 g/mol. The van der Waals surface area contributed by atoms with E-state index < -0.39 is 11.9 Å². The summed E-state index contributed by atoms with van der Waals surface area (Å²) in [6.07, 6.45) is 10.5. The fraction of sp³-hybridized carbons (Fsp3) is 0.0606.